The molecule has 1 aromatic carbocycles. The maximum atomic E-state index is 12.4. The van der Waals surface area contributed by atoms with Crippen LogP contribution in [0.3, 0.4) is 0 Å². The molecule has 0 aliphatic rings. The number of hydrogen-bond donors (Lipinski definition) is 2. The van der Waals surface area contributed by atoms with Crippen LogP contribution in [0.2, 0.25) is 5.02 Å². The van der Waals surface area contributed by atoms with Gasteiger partial charge in [-0.3, -0.25) is 4.79 Å². The van der Waals surface area contributed by atoms with Crippen molar-refractivity contribution in [1.82, 2.24) is 0 Å². The predicted molar refractivity (Wildman–Crippen MR) is 85.4 cm³/mol. The minimum absolute atomic E-state index is 0.0410. The molecule has 1 amide bonds. The summed E-state index contributed by atoms with van der Waals surface area (Å²) in [6.45, 7) is -3.02. The van der Waals surface area contributed by atoms with E-state index in [2.05, 4.69) is 26.0 Å². The molecule has 0 saturated heterocycles. The second-order valence-electron chi connectivity index (χ2n) is 4.02. The maximum absolute atomic E-state index is 12.4. The average molecular weight is 404 g/mol. The van der Waals surface area contributed by atoms with Crippen molar-refractivity contribution in [2.24, 2.45) is 5.73 Å². The normalized spacial score (nSPS) is 12.3. The lowest BCUT2D eigenvalue weighted by atomic mass is 10.2. The lowest BCUT2D eigenvalue weighted by Gasteiger charge is -2.16. The van der Waals surface area contributed by atoms with Crippen LogP contribution in [0.25, 0.3) is 0 Å². The van der Waals surface area contributed by atoms with E-state index in [1.54, 1.807) is 11.8 Å². The first-order valence-electron chi connectivity index (χ1n) is 5.84. The summed E-state index contributed by atoms with van der Waals surface area (Å²) in [6, 6.07) is 1.97. The molecule has 0 aliphatic heterocycles. The Kier molecular flexibility index (Phi) is 7.72. The first-order chi connectivity index (χ1) is 9.85. The van der Waals surface area contributed by atoms with E-state index in [9.17, 15) is 13.6 Å². The molecule has 4 nitrogen and oxygen atoms in total. The first kappa shape index (κ1) is 18.5. The Balaban J connectivity index is 2.93. The molecular weight excluding hydrogens is 390 g/mol. The first-order valence-corrected chi connectivity index (χ1v) is 8.41. The van der Waals surface area contributed by atoms with Crippen LogP contribution in [0.4, 0.5) is 14.5 Å². The number of benzene rings is 1. The van der Waals surface area contributed by atoms with Crippen LogP contribution in [-0.4, -0.2) is 30.6 Å². The molecule has 1 atom stereocenters. The van der Waals surface area contributed by atoms with Crippen molar-refractivity contribution in [2.45, 2.75) is 19.1 Å². The number of ether oxygens (including phenoxy) is 1. The van der Waals surface area contributed by atoms with Crippen LogP contribution in [-0.2, 0) is 4.79 Å². The zero-order valence-corrected chi connectivity index (χ0v) is 14.2. The Morgan fingerprint density at radius 3 is 2.81 bits per heavy atom. The van der Waals surface area contributed by atoms with Crippen molar-refractivity contribution >= 4 is 50.9 Å². The van der Waals surface area contributed by atoms with Gasteiger partial charge >= 0.3 is 6.61 Å². The van der Waals surface area contributed by atoms with E-state index < -0.39 is 18.6 Å². The molecule has 0 heterocycles. The maximum Gasteiger partial charge on any atom is 0.387 e. The van der Waals surface area contributed by atoms with Crippen LogP contribution in [0.1, 0.15) is 6.42 Å². The number of carbonyl (C=O) groups excluding carboxylic acids is 1. The number of nitrogens with two attached hydrogens (primary N) is 1. The number of carbonyl (C=O) groups is 1. The van der Waals surface area contributed by atoms with Gasteiger partial charge in [0.2, 0.25) is 5.91 Å². The smallest absolute Gasteiger partial charge is 0.387 e. The van der Waals surface area contributed by atoms with Crippen molar-refractivity contribution in [3.8, 4) is 5.75 Å². The van der Waals surface area contributed by atoms with Gasteiger partial charge in [-0.05, 0) is 46.5 Å². The zero-order valence-electron chi connectivity index (χ0n) is 11.0. The monoisotopic (exact) mass is 402 g/mol. The Bertz CT molecular complexity index is 508. The lowest BCUT2D eigenvalue weighted by molar-refractivity contribution is -0.117. The predicted octanol–water partition coefficient (Wildman–Crippen LogP) is 3.72. The highest BCUT2D eigenvalue weighted by atomic mass is 79.9. The molecule has 0 unspecified atom stereocenters. The quantitative estimate of drug-likeness (QED) is 0.728. The highest BCUT2D eigenvalue weighted by molar-refractivity contribution is 9.10. The Morgan fingerprint density at radius 2 is 2.24 bits per heavy atom. The summed E-state index contributed by atoms with van der Waals surface area (Å²) in [4.78, 5) is 11.9. The minimum atomic E-state index is -3.02. The van der Waals surface area contributed by atoms with E-state index >= 15 is 0 Å². The van der Waals surface area contributed by atoms with Gasteiger partial charge in [-0.1, -0.05) is 11.6 Å². The van der Waals surface area contributed by atoms with E-state index in [0.29, 0.717) is 12.2 Å². The third kappa shape index (κ3) is 5.98. The third-order valence-corrected chi connectivity index (χ3v) is 3.89. The lowest BCUT2D eigenvalue weighted by Crippen LogP contribution is -2.36. The fraction of sp³-hybridized carbons (Fsp3) is 0.417. The Labute approximate surface area is 138 Å². The number of nitrogens with one attached hydrogen (secondary N) is 1. The number of hydrogen-bond acceptors (Lipinski definition) is 4. The van der Waals surface area contributed by atoms with Crippen molar-refractivity contribution < 1.29 is 18.3 Å². The van der Waals surface area contributed by atoms with Crippen molar-refractivity contribution in [3.05, 3.63) is 21.6 Å². The number of anilines is 1. The third-order valence-electron chi connectivity index (χ3n) is 2.44. The van der Waals surface area contributed by atoms with E-state index in [4.69, 9.17) is 17.3 Å². The molecule has 0 aliphatic carbocycles. The molecule has 0 spiro atoms. The van der Waals surface area contributed by atoms with Crippen molar-refractivity contribution in [1.29, 1.82) is 0 Å². The zero-order chi connectivity index (χ0) is 16.0. The number of amides is 1. The van der Waals surface area contributed by atoms with Gasteiger partial charge in [-0.15, -0.1) is 0 Å². The van der Waals surface area contributed by atoms with E-state index in [0.717, 1.165) is 0 Å². The number of halogens is 4. The van der Waals surface area contributed by atoms with E-state index in [1.807, 2.05) is 6.26 Å². The fourth-order valence-corrected chi connectivity index (χ4v) is 2.86. The van der Waals surface area contributed by atoms with Crippen LogP contribution in [0.5, 0.6) is 5.75 Å². The van der Waals surface area contributed by atoms with Gasteiger partial charge in [0, 0.05) is 5.02 Å². The van der Waals surface area contributed by atoms with Crippen LogP contribution < -0.4 is 15.8 Å². The van der Waals surface area contributed by atoms with Crippen LogP contribution >= 0.6 is 39.3 Å². The molecule has 21 heavy (non-hydrogen) atoms. The van der Waals surface area contributed by atoms with E-state index in [1.165, 1.54) is 12.1 Å². The van der Waals surface area contributed by atoms with Gasteiger partial charge in [0.1, 0.15) is 0 Å². The van der Waals surface area contributed by atoms with Gasteiger partial charge < -0.3 is 15.8 Å². The number of alkyl halides is 2. The highest BCUT2D eigenvalue weighted by Gasteiger charge is 2.19. The molecule has 3 N–H and O–H groups in total. The second kappa shape index (κ2) is 8.77. The molecule has 0 bridgehead atoms. The summed E-state index contributed by atoms with van der Waals surface area (Å²) in [5.74, 6) is 0.0333. The fourth-order valence-electron chi connectivity index (χ4n) is 1.46. The summed E-state index contributed by atoms with van der Waals surface area (Å²) in [5.41, 5.74) is 5.76. The molecule has 0 radical (unpaired) electrons. The topological polar surface area (TPSA) is 64.4 Å². The van der Waals surface area contributed by atoms with Gasteiger partial charge in [0.25, 0.3) is 0 Å². The van der Waals surface area contributed by atoms with Crippen molar-refractivity contribution in [3.63, 3.8) is 0 Å². The molecule has 118 valence electrons. The highest BCUT2D eigenvalue weighted by Crippen LogP contribution is 2.37. The molecule has 1 rings (SSSR count). The molecule has 0 fully saturated rings. The SMILES string of the molecule is CSCC[C@H](N)C(=O)Nc1cc(Cl)cc(Br)c1OC(F)F. The van der Waals surface area contributed by atoms with Gasteiger partial charge in [0.05, 0.1) is 16.2 Å². The van der Waals surface area contributed by atoms with Crippen LogP contribution in [0.15, 0.2) is 16.6 Å². The number of rotatable bonds is 7. The molecular formula is C12H14BrClF2N2O2S. The molecule has 1 aromatic rings. The van der Waals surface area contributed by atoms with Gasteiger partial charge in [0.15, 0.2) is 5.75 Å². The summed E-state index contributed by atoms with van der Waals surface area (Å²) < 4.78 is 29.5. The largest absolute Gasteiger partial charge is 0.431 e. The van der Waals surface area contributed by atoms with Crippen LogP contribution in [0, 0.1) is 0 Å². The minimum Gasteiger partial charge on any atom is -0.431 e. The average Bonchev–Trinajstić information content (AvgIpc) is 2.39. The van der Waals surface area contributed by atoms with Gasteiger partial charge in [-0.25, -0.2) is 0 Å². The Morgan fingerprint density at radius 1 is 1.57 bits per heavy atom. The standard InChI is InChI=1S/C12H14BrClF2N2O2S/c1-21-3-2-8(17)11(19)18-9-5-6(14)4-7(13)10(9)20-12(15)16/h4-5,8,12H,2-3,17H2,1H3,(H,18,19)/t8-/m0/s1. The molecule has 0 aromatic heterocycles. The molecule has 0 saturated carbocycles. The summed E-state index contributed by atoms with van der Waals surface area (Å²) in [5, 5.41) is 2.72. The van der Waals surface area contributed by atoms with Gasteiger partial charge in [-0.2, -0.15) is 20.5 Å². The summed E-state index contributed by atoms with van der Waals surface area (Å²) in [6.07, 6.45) is 2.37. The summed E-state index contributed by atoms with van der Waals surface area (Å²) >= 11 is 10.5. The second-order valence-corrected chi connectivity index (χ2v) is 6.30. The summed E-state index contributed by atoms with van der Waals surface area (Å²) in [7, 11) is 0. The van der Waals surface area contributed by atoms with Crippen molar-refractivity contribution in [2.75, 3.05) is 17.3 Å². The molecule has 9 heteroatoms. The van der Waals surface area contributed by atoms with E-state index in [-0.39, 0.29) is 20.9 Å². The number of thioether (sulfide) groups is 1. The Hall–Kier alpha value is -0.570.